The summed E-state index contributed by atoms with van der Waals surface area (Å²) in [6.45, 7) is 2.23. The van der Waals surface area contributed by atoms with Crippen LogP contribution in [0.1, 0.15) is 34.5 Å². The molecule has 8 nitrogen and oxygen atoms in total. The molecule has 0 saturated carbocycles. The van der Waals surface area contributed by atoms with Crippen molar-refractivity contribution in [3.63, 3.8) is 0 Å². The number of hydrogen-bond donors (Lipinski definition) is 3. The van der Waals surface area contributed by atoms with Crippen LogP contribution in [0.4, 0.5) is 10.6 Å². The molecule has 0 aliphatic heterocycles. The van der Waals surface area contributed by atoms with E-state index >= 15 is 0 Å². The molecule has 0 radical (unpaired) electrons. The molecule has 1 heterocycles. The van der Waals surface area contributed by atoms with Gasteiger partial charge in [0.25, 0.3) is 0 Å². The number of nitrogens with zero attached hydrogens (tertiary/aromatic N) is 2. The van der Waals surface area contributed by atoms with Crippen molar-refractivity contribution in [2.24, 2.45) is 0 Å². The van der Waals surface area contributed by atoms with Gasteiger partial charge in [0, 0.05) is 11.0 Å². The molecule has 2 amide bonds. The number of rotatable bonds is 8. The van der Waals surface area contributed by atoms with E-state index in [-0.39, 0.29) is 24.5 Å². The highest BCUT2D eigenvalue weighted by Gasteiger charge is 2.22. The topological polar surface area (TPSA) is 105 Å². The highest BCUT2D eigenvalue weighted by atomic mass is 79.9. The molecule has 1 atom stereocenters. The normalized spacial score (nSPS) is 11.6. The third-order valence-corrected chi connectivity index (χ3v) is 4.99. The number of urea groups is 1. The van der Waals surface area contributed by atoms with Crippen LogP contribution >= 0.6 is 15.9 Å². The van der Waals surface area contributed by atoms with Crippen molar-refractivity contribution in [3.8, 4) is 0 Å². The zero-order valence-corrected chi connectivity index (χ0v) is 18.5. The van der Waals surface area contributed by atoms with E-state index in [4.69, 9.17) is 4.74 Å². The first-order valence-electron chi connectivity index (χ1n) is 9.73. The van der Waals surface area contributed by atoms with Crippen molar-refractivity contribution in [2.75, 3.05) is 11.9 Å². The Hall–Kier alpha value is -3.17. The average molecular weight is 487 g/mol. The molecule has 0 aliphatic rings. The number of aliphatic hydroxyl groups excluding tert-OH is 1. The molecule has 31 heavy (non-hydrogen) atoms. The number of nitrogens with one attached hydrogen (secondary N) is 2. The zero-order valence-electron chi connectivity index (χ0n) is 16.9. The van der Waals surface area contributed by atoms with Crippen molar-refractivity contribution >= 4 is 33.7 Å². The minimum Gasteiger partial charge on any atom is -0.462 e. The minimum absolute atomic E-state index is 0.0474. The van der Waals surface area contributed by atoms with E-state index in [9.17, 15) is 14.7 Å². The Labute approximate surface area is 188 Å². The lowest BCUT2D eigenvalue weighted by Gasteiger charge is -2.15. The number of anilines is 1. The van der Waals surface area contributed by atoms with Gasteiger partial charge >= 0.3 is 12.0 Å². The predicted octanol–water partition coefficient (Wildman–Crippen LogP) is 3.88. The Bertz CT molecular complexity index is 1020. The van der Waals surface area contributed by atoms with Gasteiger partial charge in [0.2, 0.25) is 0 Å². The van der Waals surface area contributed by atoms with E-state index in [2.05, 4.69) is 31.7 Å². The lowest BCUT2D eigenvalue weighted by atomic mass is 10.1. The van der Waals surface area contributed by atoms with Gasteiger partial charge in [-0.1, -0.05) is 58.4 Å². The van der Waals surface area contributed by atoms with Crippen molar-refractivity contribution < 1.29 is 19.4 Å². The fourth-order valence-electron chi connectivity index (χ4n) is 2.89. The first-order chi connectivity index (χ1) is 15.0. The number of aliphatic hydroxyl groups is 1. The number of carbonyl (C=O) groups excluding carboxylic acids is 2. The first kappa shape index (κ1) is 22.5. The highest BCUT2D eigenvalue weighted by molar-refractivity contribution is 9.10. The van der Waals surface area contributed by atoms with E-state index in [0.717, 1.165) is 10.0 Å². The van der Waals surface area contributed by atoms with Gasteiger partial charge in [-0.15, -0.1) is 0 Å². The van der Waals surface area contributed by atoms with Gasteiger partial charge in [-0.25, -0.2) is 14.3 Å². The van der Waals surface area contributed by atoms with E-state index < -0.39 is 18.1 Å². The number of amides is 2. The molecule has 9 heteroatoms. The molecule has 3 N–H and O–H groups in total. The molecular formula is C22H23BrN4O4. The summed E-state index contributed by atoms with van der Waals surface area (Å²) < 4.78 is 7.39. The van der Waals surface area contributed by atoms with Crippen LogP contribution in [0.25, 0.3) is 0 Å². The van der Waals surface area contributed by atoms with Gasteiger partial charge in [-0.2, -0.15) is 5.10 Å². The number of ether oxygens (including phenoxy) is 1. The van der Waals surface area contributed by atoms with Crippen LogP contribution in [-0.4, -0.2) is 33.5 Å². The van der Waals surface area contributed by atoms with E-state index in [0.29, 0.717) is 12.1 Å². The number of benzene rings is 2. The summed E-state index contributed by atoms with van der Waals surface area (Å²) in [6, 6.07) is 16.1. The molecule has 0 bridgehead atoms. The van der Waals surface area contributed by atoms with Crippen LogP contribution in [0.5, 0.6) is 0 Å². The standard InChI is InChI=1S/C22H23BrN4O4/c1-2-31-21(29)18-13-25-27(14-19(28)16-6-4-3-5-7-16)20(18)26-22(30)24-12-15-8-10-17(23)11-9-15/h3-11,13,19,28H,2,12,14H2,1H3,(H2,24,26,30). The quantitative estimate of drug-likeness (QED) is 0.419. The zero-order chi connectivity index (χ0) is 22.2. The summed E-state index contributed by atoms with van der Waals surface area (Å²) in [5, 5.41) is 20.1. The van der Waals surface area contributed by atoms with Crippen molar-refractivity contribution in [1.82, 2.24) is 15.1 Å². The van der Waals surface area contributed by atoms with Crippen molar-refractivity contribution in [1.29, 1.82) is 0 Å². The number of carbonyl (C=O) groups is 2. The van der Waals surface area contributed by atoms with Crippen molar-refractivity contribution in [2.45, 2.75) is 26.1 Å². The van der Waals surface area contributed by atoms with Gasteiger partial charge < -0.3 is 15.2 Å². The smallest absolute Gasteiger partial charge is 0.343 e. The summed E-state index contributed by atoms with van der Waals surface area (Å²) in [5.41, 5.74) is 1.72. The number of halogens is 1. The minimum atomic E-state index is -0.873. The number of hydrogen-bond acceptors (Lipinski definition) is 5. The molecule has 3 rings (SSSR count). The van der Waals surface area contributed by atoms with Gasteiger partial charge in [0.05, 0.1) is 25.5 Å². The van der Waals surface area contributed by atoms with Gasteiger partial charge in [0.15, 0.2) is 0 Å². The number of aromatic nitrogens is 2. The Balaban J connectivity index is 1.75. The molecule has 1 aromatic heterocycles. The second-order valence-corrected chi connectivity index (χ2v) is 7.59. The average Bonchev–Trinajstić information content (AvgIpc) is 3.16. The fraction of sp³-hybridized carbons (Fsp3) is 0.227. The summed E-state index contributed by atoms with van der Waals surface area (Å²) in [4.78, 5) is 24.8. The lowest BCUT2D eigenvalue weighted by molar-refractivity contribution is 0.0527. The Kier molecular flexibility index (Phi) is 7.80. The molecule has 0 aliphatic carbocycles. The van der Waals surface area contributed by atoms with E-state index in [1.807, 2.05) is 42.5 Å². The predicted molar refractivity (Wildman–Crippen MR) is 120 cm³/mol. The van der Waals surface area contributed by atoms with Crippen molar-refractivity contribution in [3.05, 3.63) is 82.0 Å². The largest absolute Gasteiger partial charge is 0.462 e. The maximum atomic E-state index is 12.5. The first-order valence-corrected chi connectivity index (χ1v) is 10.5. The molecule has 162 valence electrons. The highest BCUT2D eigenvalue weighted by Crippen LogP contribution is 2.21. The molecule has 3 aromatic rings. The summed E-state index contributed by atoms with van der Waals surface area (Å²) in [7, 11) is 0. The molecule has 1 unspecified atom stereocenters. The fourth-order valence-corrected chi connectivity index (χ4v) is 3.16. The van der Waals surface area contributed by atoms with E-state index in [1.54, 1.807) is 19.1 Å². The molecule has 0 fully saturated rings. The number of esters is 1. The maximum absolute atomic E-state index is 12.5. The third-order valence-electron chi connectivity index (χ3n) is 4.46. The Morgan fingerprint density at radius 3 is 2.55 bits per heavy atom. The van der Waals surface area contributed by atoms with Gasteiger partial charge in [-0.05, 0) is 30.2 Å². The second kappa shape index (κ2) is 10.7. The van der Waals surface area contributed by atoms with Crippen LogP contribution < -0.4 is 10.6 Å². The third kappa shape index (κ3) is 6.16. The Morgan fingerprint density at radius 1 is 1.16 bits per heavy atom. The molecule has 2 aromatic carbocycles. The maximum Gasteiger partial charge on any atom is 0.343 e. The lowest BCUT2D eigenvalue weighted by Crippen LogP contribution is -2.30. The molecular weight excluding hydrogens is 464 g/mol. The van der Waals surface area contributed by atoms with Crippen LogP contribution in [0.3, 0.4) is 0 Å². The van der Waals surface area contributed by atoms with Crippen LogP contribution in [0.15, 0.2) is 65.3 Å². The van der Waals surface area contributed by atoms with Crippen LogP contribution in [0, 0.1) is 0 Å². The molecule has 0 spiro atoms. The van der Waals surface area contributed by atoms with Crippen LogP contribution in [0.2, 0.25) is 0 Å². The Morgan fingerprint density at radius 2 is 1.87 bits per heavy atom. The summed E-state index contributed by atoms with van der Waals surface area (Å²) >= 11 is 3.37. The molecule has 0 saturated heterocycles. The van der Waals surface area contributed by atoms with Gasteiger partial charge in [0.1, 0.15) is 11.4 Å². The summed E-state index contributed by atoms with van der Waals surface area (Å²) in [6.07, 6.45) is 0.447. The second-order valence-electron chi connectivity index (χ2n) is 6.67. The SMILES string of the molecule is CCOC(=O)c1cnn(CC(O)c2ccccc2)c1NC(=O)NCc1ccc(Br)cc1. The monoisotopic (exact) mass is 486 g/mol. The summed E-state index contributed by atoms with van der Waals surface area (Å²) in [5.74, 6) is -0.451. The van der Waals surface area contributed by atoms with Gasteiger partial charge in [-0.3, -0.25) is 5.32 Å². The van der Waals surface area contributed by atoms with Crippen LogP contribution in [-0.2, 0) is 17.8 Å². The van der Waals surface area contributed by atoms with E-state index in [1.165, 1.54) is 10.9 Å².